The molecule has 1 aromatic heterocycles. The summed E-state index contributed by atoms with van der Waals surface area (Å²) in [4.78, 5) is 8.15. The zero-order valence-corrected chi connectivity index (χ0v) is 13.6. The Hall–Kier alpha value is -1.81. The Morgan fingerprint density at radius 3 is 2.67 bits per heavy atom. The summed E-state index contributed by atoms with van der Waals surface area (Å²) in [5.74, 6) is 1.57. The van der Waals surface area contributed by atoms with Crippen molar-refractivity contribution in [2.45, 2.75) is 27.7 Å². The number of nitrogens with one attached hydrogen (secondary N) is 1. The van der Waals surface area contributed by atoms with Crippen LogP contribution in [0.5, 0.6) is 5.75 Å². The molecule has 1 aromatic carbocycles. The molecular formula is C16H20ClN3O. The van der Waals surface area contributed by atoms with Crippen LogP contribution >= 0.6 is 11.6 Å². The molecule has 5 heteroatoms. The van der Waals surface area contributed by atoms with E-state index < -0.39 is 0 Å². The Kier molecular flexibility index (Phi) is 5.02. The predicted molar refractivity (Wildman–Crippen MR) is 86.4 cm³/mol. The Labute approximate surface area is 130 Å². The first-order valence-corrected chi connectivity index (χ1v) is 7.28. The van der Waals surface area contributed by atoms with E-state index in [1.807, 2.05) is 6.92 Å². The first kappa shape index (κ1) is 15.6. The normalized spacial score (nSPS) is 10.5. The molecule has 1 N–H and O–H groups in total. The minimum Gasteiger partial charge on any atom is -0.491 e. The average Bonchev–Trinajstić information content (AvgIpc) is 2.44. The summed E-state index contributed by atoms with van der Waals surface area (Å²) in [6, 6.07) is 4.22. The standard InChI is InChI=1S/C16H20ClN3O/c1-10-7-11(2)12(3)14(8-10)21-6-5-18-16-15(17)13(4)19-9-20-16/h7-9H,5-6H2,1-4H3,(H,18,19,20). The first-order valence-electron chi connectivity index (χ1n) is 6.90. The molecule has 0 atom stereocenters. The first-order chi connectivity index (χ1) is 9.99. The highest BCUT2D eigenvalue weighted by Gasteiger charge is 2.06. The van der Waals surface area contributed by atoms with Gasteiger partial charge < -0.3 is 10.1 Å². The molecule has 0 spiro atoms. The fourth-order valence-electron chi connectivity index (χ4n) is 2.06. The molecule has 2 aromatic rings. The van der Waals surface area contributed by atoms with Crippen LogP contribution in [0.25, 0.3) is 0 Å². The largest absolute Gasteiger partial charge is 0.491 e. The highest BCUT2D eigenvalue weighted by Crippen LogP contribution is 2.23. The third-order valence-electron chi connectivity index (χ3n) is 3.38. The van der Waals surface area contributed by atoms with Gasteiger partial charge in [0.2, 0.25) is 0 Å². The summed E-state index contributed by atoms with van der Waals surface area (Å²) >= 11 is 6.13. The molecule has 0 aliphatic rings. The van der Waals surface area contributed by atoms with Crippen LogP contribution in [0, 0.1) is 27.7 Å². The number of rotatable bonds is 5. The number of anilines is 1. The molecule has 0 bridgehead atoms. The van der Waals surface area contributed by atoms with Crippen molar-refractivity contribution in [3.63, 3.8) is 0 Å². The molecule has 21 heavy (non-hydrogen) atoms. The fourth-order valence-corrected chi connectivity index (χ4v) is 2.23. The number of ether oxygens (including phenoxy) is 1. The third kappa shape index (κ3) is 3.85. The van der Waals surface area contributed by atoms with Crippen LogP contribution in [-0.4, -0.2) is 23.1 Å². The molecule has 2 rings (SSSR count). The summed E-state index contributed by atoms with van der Waals surface area (Å²) in [6.45, 7) is 9.26. The molecule has 1 heterocycles. The van der Waals surface area contributed by atoms with Crippen molar-refractivity contribution < 1.29 is 4.74 Å². The second-order valence-electron chi connectivity index (χ2n) is 5.10. The van der Waals surface area contributed by atoms with Gasteiger partial charge in [-0.2, -0.15) is 0 Å². The summed E-state index contributed by atoms with van der Waals surface area (Å²) in [5.41, 5.74) is 4.39. The lowest BCUT2D eigenvalue weighted by Crippen LogP contribution is -2.13. The van der Waals surface area contributed by atoms with Gasteiger partial charge in [-0.1, -0.05) is 17.7 Å². The maximum absolute atomic E-state index is 6.13. The van der Waals surface area contributed by atoms with Crippen molar-refractivity contribution in [3.8, 4) is 5.75 Å². The van der Waals surface area contributed by atoms with Crippen LogP contribution in [0.1, 0.15) is 22.4 Å². The van der Waals surface area contributed by atoms with Crippen LogP contribution in [0.3, 0.4) is 0 Å². The van der Waals surface area contributed by atoms with E-state index in [0.717, 1.165) is 11.4 Å². The van der Waals surface area contributed by atoms with E-state index in [2.05, 4.69) is 48.2 Å². The molecule has 0 unspecified atom stereocenters. The molecule has 0 fully saturated rings. The maximum Gasteiger partial charge on any atom is 0.148 e. The number of nitrogens with zero attached hydrogens (tertiary/aromatic N) is 2. The summed E-state index contributed by atoms with van der Waals surface area (Å²) in [7, 11) is 0. The average molecular weight is 306 g/mol. The highest BCUT2D eigenvalue weighted by atomic mass is 35.5. The SMILES string of the molecule is Cc1cc(C)c(C)c(OCCNc2ncnc(C)c2Cl)c1. The lowest BCUT2D eigenvalue weighted by Gasteiger charge is -2.13. The van der Waals surface area contributed by atoms with E-state index in [-0.39, 0.29) is 0 Å². The van der Waals surface area contributed by atoms with Gasteiger partial charge in [-0.15, -0.1) is 0 Å². The van der Waals surface area contributed by atoms with Crippen LogP contribution in [-0.2, 0) is 0 Å². The van der Waals surface area contributed by atoms with Gasteiger partial charge in [-0.05, 0) is 50.5 Å². The minimum atomic E-state index is 0.545. The number of hydrogen-bond acceptors (Lipinski definition) is 4. The number of halogens is 1. The van der Waals surface area contributed by atoms with Crippen LogP contribution in [0.2, 0.25) is 5.02 Å². The Morgan fingerprint density at radius 2 is 1.90 bits per heavy atom. The van der Waals surface area contributed by atoms with Crippen molar-refractivity contribution in [3.05, 3.63) is 45.9 Å². The lowest BCUT2D eigenvalue weighted by molar-refractivity contribution is 0.330. The van der Waals surface area contributed by atoms with Gasteiger partial charge in [0, 0.05) is 0 Å². The Morgan fingerprint density at radius 1 is 1.14 bits per heavy atom. The monoisotopic (exact) mass is 305 g/mol. The van der Waals surface area contributed by atoms with E-state index in [1.165, 1.54) is 23.0 Å². The molecular weight excluding hydrogens is 286 g/mol. The molecule has 4 nitrogen and oxygen atoms in total. The second kappa shape index (κ2) is 6.76. The van der Waals surface area contributed by atoms with Crippen molar-refractivity contribution in [1.29, 1.82) is 0 Å². The number of hydrogen-bond donors (Lipinski definition) is 1. The zero-order valence-electron chi connectivity index (χ0n) is 12.8. The van der Waals surface area contributed by atoms with Gasteiger partial charge in [0.15, 0.2) is 0 Å². The molecule has 0 saturated carbocycles. The summed E-state index contributed by atoms with van der Waals surface area (Å²) in [5, 5.41) is 3.72. The minimum absolute atomic E-state index is 0.545. The van der Waals surface area contributed by atoms with Crippen molar-refractivity contribution in [2.24, 2.45) is 0 Å². The molecule has 0 aliphatic carbocycles. The predicted octanol–water partition coefficient (Wildman–Crippen LogP) is 3.85. The molecule has 0 aliphatic heterocycles. The highest BCUT2D eigenvalue weighted by molar-refractivity contribution is 6.33. The number of aryl methyl sites for hydroxylation is 3. The van der Waals surface area contributed by atoms with Crippen LogP contribution in [0.15, 0.2) is 18.5 Å². The topological polar surface area (TPSA) is 47.0 Å². The van der Waals surface area contributed by atoms with E-state index in [0.29, 0.717) is 24.0 Å². The fraction of sp³-hybridized carbons (Fsp3) is 0.375. The van der Waals surface area contributed by atoms with E-state index in [9.17, 15) is 0 Å². The number of aromatic nitrogens is 2. The number of benzene rings is 1. The third-order valence-corrected chi connectivity index (χ3v) is 3.83. The van der Waals surface area contributed by atoms with Gasteiger partial charge in [0.25, 0.3) is 0 Å². The van der Waals surface area contributed by atoms with Gasteiger partial charge in [-0.25, -0.2) is 9.97 Å². The van der Waals surface area contributed by atoms with E-state index >= 15 is 0 Å². The van der Waals surface area contributed by atoms with Crippen molar-refractivity contribution in [1.82, 2.24) is 9.97 Å². The molecule has 112 valence electrons. The second-order valence-corrected chi connectivity index (χ2v) is 5.48. The maximum atomic E-state index is 6.13. The van der Waals surface area contributed by atoms with Gasteiger partial charge in [0.1, 0.15) is 29.5 Å². The van der Waals surface area contributed by atoms with E-state index in [4.69, 9.17) is 16.3 Å². The smallest absolute Gasteiger partial charge is 0.148 e. The zero-order chi connectivity index (χ0) is 15.4. The molecule has 0 radical (unpaired) electrons. The molecule has 0 amide bonds. The Balaban J connectivity index is 1.92. The quantitative estimate of drug-likeness (QED) is 0.852. The van der Waals surface area contributed by atoms with Gasteiger partial charge in [-0.3, -0.25) is 0 Å². The van der Waals surface area contributed by atoms with Crippen LogP contribution in [0.4, 0.5) is 5.82 Å². The Bertz CT molecular complexity index is 644. The summed E-state index contributed by atoms with van der Waals surface area (Å²) < 4.78 is 5.84. The van der Waals surface area contributed by atoms with Crippen molar-refractivity contribution in [2.75, 3.05) is 18.5 Å². The summed E-state index contributed by atoms with van der Waals surface area (Å²) in [6.07, 6.45) is 1.50. The molecule has 0 saturated heterocycles. The van der Waals surface area contributed by atoms with Crippen LogP contribution < -0.4 is 10.1 Å². The lowest BCUT2D eigenvalue weighted by atomic mass is 10.1. The van der Waals surface area contributed by atoms with Crippen molar-refractivity contribution >= 4 is 17.4 Å². The van der Waals surface area contributed by atoms with Gasteiger partial charge in [0.05, 0.1) is 12.2 Å². The van der Waals surface area contributed by atoms with E-state index in [1.54, 1.807) is 0 Å². The van der Waals surface area contributed by atoms with Gasteiger partial charge >= 0.3 is 0 Å².